The summed E-state index contributed by atoms with van der Waals surface area (Å²) in [6.07, 6.45) is 10.7. The maximum Gasteiger partial charge on any atom is 0.248 e. The minimum absolute atomic E-state index is 0.0459. The number of benzene rings is 1. The number of aromatic nitrogens is 5. The quantitative estimate of drug-likeness (QED) is 0.174. The highest BCUT2D eigenvalue weighted by Gasteiger charge is 2.67. The number of hydrogen-bond acceptors (Lipinski definition) is 8. The summed E-state index contributed by atoms with van der Waals surface area (Å²) in [5.41, 5.74) is 2.88. The molecule has 2 fully saturated rings. The second-order valence-electron chi connectivity index (χ2n) is 13.0. The lowest BCUT2D eigenvalue weighted by atomic mass is 9.98. The number of amides is 3. The van der Waals surface area contributed by atoms with E-state index in [0.717, 1.165) is 16.7 Å². The van der Waals surface area contributed by atoms with E-state index in [4.69, 9.17) is 0 Å². The second-order valence-corrected chi connectivity index (χ2v) is 13.8. The minimum atomic E-state index is -0.864. The zero-order valence-corrected chi connectivity index (χ0v) is 28.6. The Kier molecular flexibility index (Phi) is 8.59. The molecule has 0 radical (unpaired) electrons. The zero-order valence-electron chi connectivity index (χ0n) is 27.0. The molecule has 2 bridgehead atoms. The fourth-order valence-electron chi connectivity index (χ4n) is 7.09. The Bertz CT molecular complexity index is 2050. The number of nitrogens with one attached hydrogen (secondary N) is 2. The Morgan fingerprint density at radius 3 is 2.65 bits per heavy atom. The number of anilines is 1. The third-order valence-corrected chi connectivity index (χ3v) is 10.2. The van der Waals surface area contributed by atoms with Crippen molar-refractivity contribution in [3.63, 3.8) is 0 Å². The molecule has 0 spiro atoms. The molecule has 2 aliphatic heterocycles. The van der Waals surface area contributed by atoms with Crippen molar-refractivity contribution >= 4 is 56.2 Å². The van der Waals surface area contributed by atoms with Gasteiger partial charge in [-0.05, 0) is 90.4 Å². The van der Waals surface area contributed by atoms with Gasteiger partial charge in [-0.25, -0.2) is 19.3 Å². The maximum atomic E-state index is 14.3. The lowest BCUT2D eigenvalue weighted by molar-refractivity contribution is -0.138. The van der Waals surface area contributed by atoms with Crippen LogP contribution in [0.4, 0.5) is 10.2 Å². The molecule has 1 aromatic carbocycles. The number of carbonyl (C=O) groups is 4. The Morgan fingerprint density at radius 1 is 1.10 bits per heavy atom. The van der Waals surface area contributed by atoms with Gasteiger partial charge in [0.1, 0.15) is 34.5 Å². The molecule has 49 heavy (non-hydrogen) atoms. The Labute approximate surface area is 289 Å². The van der Waals surface area contributed by atoms with Crippen LogP contribution in [0.25, 0.3) is 22.0 Å². The average Bonchev–Trinajstić information content (AvgIpc) is 3.48. The average molecular weight is 730 g/mol. The van der Waals surface area contributed by atoms with Gasteiger partial charge in [-0.1, -0.05) is 12.2 Å². The van der Waals surface area contributed by atoms with E-state index in [0.29, 0.717) is 61.8 Å². The van der Waals surface area contributed by atoms with Crippen molar-refractivity contribution in [2.24, 2.45) is 5.41 Å². The van der Waals surface area contributed by atoms with Gasteiger partial charge < -0.3 is 15.5 Å². The number of ketones is 1. The number of halogens is 2. The van der Waals surface area contributed by atoms with E-state index < -0.39 is 23.2 Å². The normalized spacial score (nSPS) is 23.1. The molecule has 3 amide bonds. The van der Waals surface area contributed by atoms with Crippen molar-refractivity contribution in [2.45, 2.75) is 71.0 Å². The summed E-state index contributed by atoms with van der Waals surface area (Å²) in [7, 11) is 0. The lowest BCUT2D eigenvalue weighted by Crippen LogP contribution is -2.46. The summed E-state index contributed by atoms with van der Waals surface area (Å²) in [6, 6.07) is 5.28. The molecule has 1 saturated carbocycles. The fraction of sp³-hybridized carbons (Fsp3) is 0.371. The molecule has 3 atom stereocenters. The molecule has 12 nitrogen and oxygen atoms in total. The molecule has 0 unspecified atom stereocenters. The number of piperidine rings is 1. The highest BCUT2D eigenvalue weighted by molar-refractivity contribution is 9.10. The predicted molar refractivity (Wildman–Crippen MR) is 182 cm³/mol. The molecule has 7 rings (SSSR count). The van der Waals surface area contributed by atoms with Crippen LogP contribution >= 0.6 is 15.9 Å². The number of aryl methyl sites for hydroxylation is 1. The molecule has 2 N–H and O–H groups in total. The van der Waals surface area contributed by atoms with Gasteiger partial charge in [-0.3, -0.25) is 23.9 Å². The maximum absolute atomic E-state index is 14.3. The lowest BCUT2D eigenvalue weighted by Gasteiger charge is -2.27. The first-order valence-corrected chi connectivity index (χ1v) is 17.0. The molecule has 14 heteroatoms. The monoisotopic (exact) mass is 728 g/mol. The molecule has 4 aromatic rings. The van der Waals surface area contributed by atoms with E-state index in [1.54, 1.807) is 22.0 Å². The highest BCUT2D eigenvalue weighted by Crippen LogP contribution is 2.59. The standard InChI is InChI=1S/C35H34BrFN8O4/c1-19(46)31-24-12-22(23-15-38-20(2)39-16-23)11-21-7-5-3-4-6-8-29(47)40-18-35-13-26(34(49)42-28-10-9-25(37)33(36)41-28)45(27(35)14-35)30(48)17-44(43-31)32(21)24/h3,5,9-12,15-16,26-27H,4,6-8,13-14,17-18H2,1-2H3,(H,40,47)(H,41,42,49)/b5-3-/t26-,27+,35-/m0/s1. The van der Waals surface area contributed by atoms with Crippen molar-refractivity contribution in [3.8, 4) is 11.1 Å². The van der Waals surface area contributed by atoms with Crippen LogP contribution in [-0.2, 0) is 27.3 Å². The highest BCUT2D eigenvalue weighted by atomic mass is 79.9. The van der Waals surface area contributed by atoms with Crippen LogP contribution in [0.2, 0.25) is 0 Å². The first-order chi connectivity index (χ1) is 23.5. The van der Waals surface area contributed by atoms with E-state index in [-0.39, 0.29) is 46.3 Å². The van der Waals surface area contributed by atoms with Gasteiger partial charge in [-0.15, -0.1) is 0 Å². The van der Waals surface area contributed by atoms with Gasteiger partial charge in [0.2, 0.25) is 17.7 Å². The zero-order chi connectivity index (χ0) is 34.4. The van der Waals surface area contributed by atoms with E-state index in [1.165, 1.54) is 19.1 Å². The molecular formula is C35H34BrFN8O4. The molecule has 252 valence electrons. The Morgan fingerprint density at radius 2 is 1.90 bits per heavy atom. The topological polar surface area (TPSA) is 152 Å². The van der Waals surface area contributed by atoms with Crippen LogP contribution in [0.15, 0.2) is 53.4 Å². The summed E-state index contributed by atoms with van der Waals surface area (Å²) in [4.78, 5) is 68.2. The van der Waals surface area contributed by atoms with Crippen molar-refractivity contribution in [1.29, 1.82) is 0 Å². The van der Waals surface area contributed by atoms with E-state index in [2.05, 4.69) is 46.6 Å². The van der Waals surface area contributed by atoms with Crippen LogP contribution in [0.3, 0.4) is 0 Å². The third kappa shape index (κ3) is 6.36. The summed E-state index contributed by atoms with van der Waals surface area (Å²) in [6.45, 7) is 3.39. The summed E-state index contributed by atoms with van der Waals surface area (Å²) >= 11 is 3.05. The molecule has 3 aliphatic rings. The number of rotatable bonds is 4. The number of Topliss-reactive ketones (excluding diaryl/α,β-unsaturated/α-hetero) is 1. The van der Waals surface area contributed by atoms with Gasteiger partial charge in [0.15, 0.2) is 11.6 Å². The second kappa shape index (κ2) is 12.9. The number of allylic oxidation sites excluding steroid dienone is 2. The van der Waals surface area contributed by atoms with Gasteiger partial charge in [0, 0.05) is 54.7 Å². The molecular weight excluding hydrogens is 695 g/mol. The van der Waals surface area contributed by atoms with Crippen LogP contribution in [0.1, 0.15) is 60.9 Å². The van der Waals surface area contributed by atoms with Crippen molar-refractivity contribution in [2.75, 3.05) is 11.9 Å². The minimum Gasteiger partial charge on any atom is -0.355 e. The summed E-state index contributed by atoms with van der Waals surface area (Å²) in [5, 5.41) is 11.1. The molecule has 3 aromatic heterocycles. The summed E-state index contributed by atoms with van der Waals surface area (Å²) < 4.78 is 15.4. The van der Waals surface area contributed by atoms with Crippen LogP contribution in [0, 0.1) is 18.2 Å². The summed E-state index contributed by atoms with van der Waals surface area (Å²) in [5.74, 6) is -0.920. The first kappa shape index (κ1) is 32.7. The van der Waals surface area contributed by atoms with Gasteiger partial charge >= 0.3 is 0 Å². The number of nitrogens with zero attached hydrogens (tertiary/aromatic N) is 6. The van der Waals surface area contributed by atoms with E-state index in [1.807, 2.05) is 31.2 Å². The first-order valence-electron chi connectivity index (χ1n) is 16.2. The van der Waals surface area contributed by atoms with Crippen molar-refractivity contribution < 1.29 is 23.6 Å². The SMILES string of the molecule is CC(=O)c1nn2c3c(cc(-c4cnc(C)nc4)cc13)C/C=C\CCCC(=O)NC[C@@]13C[C@@H](C(=O)Nc4ccc(F)c(Br)n4)N(C(=O)C2)[C@@H]1C3. The van der Waals surface area contributed by atoms with Crippen molar-refractivity contribution in [1.82, 2.24) is 34.9 Å². The number of pyridine rings is 1. The third-order valence-electron chi connectivity index (χ3n) is 9.64. The fourth-order valence-corrected chi connectivity index (χ4v) is 7.41. The van der Waals surface area contributed by atoms with Crippen LogP contribution < -0.4 is 10.6 Å². The number of carbonyl (C=O) groups excluding carboxylic acids is 4. The Hall–Kier alpha value is -4.85. The Balaban J connectivity index is 1.29. The van der Waals surface area contributed by atoms with Crippen LogP contribution in [-0.4, -0.2) is 71.8 Å². The van der Waals surface area contributed by atoms with Gasteiger partial charge in [-0.2, -0.15) is 5.10 Å². The molecule has 1 aliphatic carbocycles. The smallest absolute Gasteiger partial charge is 0.248 e. The molecule has 5 heterocycles. The van der Waals surface area contributed by atoms with Crippen LogP contribution in [0.5, 0.6) is 0 Å². The van der Waals surface area contributed by atoms with Gasteiger partial charge in [0.05, 0.1) is 5.52 Å². The predicted octanol–water partition coefficient (Wildman–Crippen LogP) is 4.70. The largest absolute Gasteiger partial charge is 0.355 e. The van der Waals surface area contributed by atoms with E-state index >= 15 is 0 Å². The molecule has 1 saturated heterocycles. The van der Waals surface area contributed by atoms with Crippen molar-refractivity contribution in [3.05, 3.63) is 76.3 Å². The van der Waals surface area contributed by atoms with E-state index in [9.17, 15) is 23.6 Å². The van der Waals surface area contributed by atoms with Gasteiger partial charge in [0.25, 0.3) is 0 Å². The number of hydrogen-bond donors (Lipinski definition) is 2.